The standard InChI is InChI=1S/C16H20F3N5S/c1-25-12-6-5-10(16(17,18)19)9-11(12)24-14(21)22-13(20)23-15(24)7-3-2-4-8-15/h5-6,9H,2-4,7-8H2,1H3,(H4,20,21,22,23). The maximum absolute atomic E-state index is 13.2. The molecule has 1 heterocycles. The van der Waals surface area contributed by atoms with Gasteiger partial charge in [0.1, 0.15) is 5.66 Å². The minimum absolute atomic E-state index is 0.0772. The van der Waals surface area contributed by atoms with Crippen LogP contribution in [0.4, 0.5) is 18.9 Å². The number of halogens is 3. The molecule has 1 fully saturated rings. The topological polar surface area (TPSA) is 80.0 Å². The number of alkyl halides is 3. The number of benzene rings is 1. The van der Waals surface area contributed by atoms with Crippen LogP contribution in [0, 0.1) is 0 Å². The van der Waals surface area contributed by atoms with Crippen LogP contribution in [0.25, 0.3) is 0 Å². The molecular formula is C16H20F3N5S. The van der Waals surface area contributed by atoms with Crippen LogP contribution in [0.2, 0.25) is 0 Å². The van der Waals surface area contributed by atoms with Gasteiger partial charge < -0.3 is 11.5 Å². The summed E-state index contributed by atoms with van der Waals surface area (Å²) in [5, 5.41) is 0. The van der Waals surface area contributed by atoms with Crippen molar-refractivity contribution in [3.05, 3.63) is 23.8 Å². The van der Waals surface area contributed by atoms with E-state index in [-0.39, 0.29) is 11.9 Å². The van der Waals surface area contributed by atoms with Crippen LogP contribution in [0.1, 0.15) is 37.7 Å². The zero-order valence-corrected chi connectivity index (χ0v) is 14.6. The first-order valence-corrected chi connectivity index (χ1v) is 9.24. The summed E-state index contributed by atoms with van der Waals surface area (Å²) < 4.78 is 39.7. The number of nitrogens with zero attached hydrogens (tertiary/aromatic N) is 3. The van der Waals surface area contributed by atoms with Crippen molar-refractivity contribution in [2.45, 2.75) is 48.8 Å². The first-order valence-electron chi connectivity index (χ1n) is 8.02. The predicted octanol–water partition coefficient (Wildman–Crippen LogP) is 3.54. The average molecular weight is 371 g/mol. The van der Waals surface area contributed by atoms with E-state index < -0.39 is 17.4 Å². The zero-order chi connectivity index (χ0) is 18.2. The van der Waals surface area contributed by atoms with E-state index in [0.717, 1.165) is 31.4 Å². The van der Waals surface area contributed by atoms with Crippen molar-refractivity contribution in [1.29, 1.82) is 0 Å². The fraction of sp³-hybridized carbons (Fsp3) is 0.500. The van der Waals surface area contributed by atoms with E-state index >= 15 is 0 Å². The number of anilines is 1. The Kier molecular flexibility index (Phi) is 4.61. The lowest BCUT2D eigenvalue weighted by atomic mass is 9.87. The lowest BCUT2D eigenvalue weighted by Gasteiger charge is -2.46. The average Bonchev–Trinajstić information content (AvgIpc) is 2.53. The van der Waals surface area contributed by atoms with Crippen LogP contribution < -0.4 is 16.4 Å². The van der Waals surface area contributed by atoms with Crippen LogP contribution in [0.3, 0.4) is 0 Å². The number of nitrogens with two attached hydrogens (primary N) is 2. The van der Waals surface area contributed by atoms with Gasteiger partial charge in [-0.2, -0.15) is 18.2 Å². The van der Waals surface area contributed by atoms with Crippen LogP contribution in [0.5, 0.6) is 0 Å². The zero-order valence-electron chi connectivity index (χ0n) is 13.8. The van der Waals surface area contributed by atoms with E-state index in [1.54, 1.807) is 4.90 Å². The predicted molar refractivity (Wildman–Crippen MR) is 94.8 cm³/mol. The summed E-state index contributed by atoms with van der Waals surface area (Å²) in [5.41, 5.74) is 10.8. The molecule has 5 nitrogen and oxygen atoms in total. The van der Waals surface area contributed by atoms with Gasteiger partial charge >= 0.3 is 6.18 Å². The quantitative estimate of drug-likeness (QED) is 0.780. The van der Waals surface area contributed by atoms with E-state index in [9.17, 15) is 13.2 Å². The lowest BCUT2D eigenvalue weighted by Crippen LogP contribution is -2.58. The Bertz CT molecular complexity index is 723. The Hall–Kier alpha value is -1.90. The van der Waals surface area contributed by atoms with E-state index in [1.165, 1.54) is 17.8 Å². The van der Waals surface area contributed by atoms with Crippen molar-refractivity contribution >= 4 is 29.4 Å². The number of guanidine groups is 2. The van der Waals surface area contributed by atoms with Gasteiger partial charge in [0.05, 0.1) is 11.3 Å². The molecule has 0 aromatic heterocycles. The number of aliphatic imine (C=N–C) groups is 2. The van der Waals surface area contributed by atoms with E-state index in [2.05, 4.69) is 9.98 Å². The monoisotopic (exact) mass is 371 g/mol. The molecule has 0 unspecified atom stereocenters. The summed E-state index contributed by atoms with van der Waals surface area (Å²) in [6, 6.07) is 3.67. The van der Waals surface area contributed by atoms with Gasteiger partial charge in [0, 0.05) is 4.90 Å². The highest BCUT2D eigenvalue weighted by Gasteiger charge is 2.44. The lowest BCUT2D eigenvalue weighted by molar-refractivity contribution is -0.137. The molecule has 25 heavy (non-hydrogen) atoms. The van der Waals surface area contributed by atoms with Gasteiger partial charge in [-0.05, 0) is 50.1 Å². The summed E-state index contributed by atoms with van der Waals surface area (Å²) in [5.74, 6) is 0.164. The third kappa shape index (κ3) is 3.29. The Morgan fingerprint density at radius 2 is 1.84 bits per heavy atom. The van der Waals surface area contributed by atoms with Gasteiger partial charge in [0.2, 0.25) is 11.9 Å². The Labute approximate surface area is 148 Å². The van der Waals surface area contributed by atoms with Crippen LogP contribution >= 0.6 is 11.8 Å². The maximum atomic E-state index is 13.2. The van der Waals surface area contributed by atoms with Crippen molar-refractivity contribution in [2.24, 2.45) is 21.5 Å². The fourth-order valence-electron chi connectivity index (χ4n) is 3.51. The molecule has 1 saturated carbocycles. The van der Waals surface area contributed by atoms with Crippen molar-refractivity contribution in [2.75, 3.05) is 11.2 Å². The summed E-state index contributed by atoms with van der Waals surface area (Å²) in [7, 11) is 0. The van der Waals surface area contributed by atoms with Crippen molar-refractivity contribution in [1.82, 2.24) is 0 Å². The van der Waals surface area contributed by atoms with E-state index in [0.29, 0.717) is 23.4 Å². The molecule has 2 aliphatic rings. The minimum Gasteiger partial charge on any atom is -0.369 e. The molecule has 3 rings (SSSR count). The van der Waals surface area contributed by atoms with Crippen molar-refractivity contribution in [3.8, 4) is 0 Å². The molecule has 1 aromatic carbocycles. The van der Waals surface area contributed by atoms with Gasteiger partial charge in [-0.1, -0.05) is 6.42 Å². The molecule has 0 bridgehead atoms. The molecule has 9 heteroatoms. The summed E-state index contributed by atoms with van der Waals surface area (Å²) in [4.78, 5) is 10.9. The highest BCUT2D eigenvalue weighted by atomic mass is 32.2. The largest absolute Gasteiger partial charge is 0.416 e. The van der Waals surface area contributed by atoms with E-state index in [1.807, 2.05) is 6.26 Å². The molecule has 0 saturated heterocycles. The molecule has 1 aliphatic heterocycles. The van der Waals surface area contributed by atoms with E-state index in [4.69, 9.17) is 11.5 Å². The molecule has 136 valence electrons. The van der Waals surface area contributed by atoms with Crippen molar-refractivity contribution < 1.29 is 13.2 Å². The summed E-state index contributed by atoms with van der Waals surface area (Å²) in [6.07, 6.45) is 1.61. The molecular weight excluding hydrogens is 351 g/mol. The minimum atomic E-state index is -4.44. The normalized spacial score (nSPS) is 20.4. The second-order valence-electron chi connectivity index (χ2n) is 6.20. The van der Waals surface area contributed by atoms with Crippen LogP contribution in [-0.2, 0) is 6.18 Å². The van der Waals surface area contributed by atoms with Gasteiger partial charge in [-0.3, -0.25) is 4.90 Å². The molecule has 0 atom stereocenters. The van der Waals surface area contributed by atoms with Crippen LogP contribution in [-0.4, -0.2) is 23.8 Å². The highest BCUT2D eigenvalue weighted by molar-refractivity contribution is 7.98. The first kappa shape index (κ1) is 17.9. The molecule has 1 aliphatic carbocycles. The van der Waals surface area contributed by atoms with Gasteiger partial charge in [-0.25, -0.2) is 4.99 Å². The molecule has 0 radical (unpaired) electrons. The van der Waals surface area contributed by atoms with Crippen molar-refractivity contribution in [3.63, 3.8) is 0 Å². The Morgan fingerprint density at radius 3 is 2.44 bits per heavy atom. The number of thioether (sulfide) groups is 1. The van der Waals surface area contributed by atoms with Crippen LogP contribution in [0.15, 0.2) is 33.1 Å². The number of rotatable bonds is 2. The highest BCUT2D eigenvalue weighted by Crippen LogP contribution is 2.44. The Morgan fingerprint density at radius 1 is 1.16 bits per heavy atom. The SMILES string of the molecule is CSc1ccc(C(F)(F)F)cc1N1C(N)=NC(N)=NC12CCCCC2. The number of hydrogen-bond donors (Lipinski definition) is 2. The van der Waals surface area contributed by atoms with Gasteiger partial charge in [0.15, 0.2) is 0 Å². The molecule has 1 aromatic rings. The third-order valence-corrected chi connectivity index (χ3v) is 5.38. The summed E-state index contributed by atoms with van der Waals surface area (Å²) in [6.45, 7) is 0. The first-order chi connectivity index (χ1) is 11.8. The smallest absolute Gasteiger partial charge is 0.369 e. The summed E-state index contributed by atoms with van der Waals surface area (Å²) >= 11 is 1.36. The van der Waals surface area contributed by atoms with Gasteiger partial charge in [0.25, 0.3) is 0 Å². The number of hydrogen-bond acceptors (Lipinski definition) is 6. The Balaban J connectivity index is 2.16. The maximum Gasteiger partial charge on any atom is 0.416 e. The second-order valence-corrected chi connectivity index (χ2v) is 7.05. The third-order valence-electron chi connectivity index (χ3n) is 4.60. The molecule has 0 amide bonds. The fourth-order valence-corrected chi connectivity index (χ4v) is 4.07. The van der Waals surface area contributed by atoms with Gasteiger partial charge in [-0.15, -0.1) is 11.8 Å². The second kappa shape index (κ2) is 6.44. The molecule has 4 N–H and O–H groups in total. The molecule has 1 spiro atoms.